The van der Waals surface area contributed by atoms with Crippen LogP contribution in [-0.2, 0) is 13.0 Å². The molecule has 0 aliphatic carbocycles. The molecule has 0 radical (unpaired) electrons. The number of fused-ring (bicyclic) bond motifs is 3. The molecule has 4 heterocycles. The Morgan fingerprint density at radius 2 is 2.00 bits per heavy atom. The maximum atomic E-state index is 13.1. The molecule has 0 saturated heterocycles. The fraction of sp³-hybridized carbons (Fsp3) is 0.250. The van der Waals surface area contributed by atoms with E-state index in [1.165, 1.54) is 22.6 Å². The van der Waals surface area contributed by atoms with Crippen LogP contribution in [0.15, 0.2) is 40.8 Å². The number of thiophene rings is 1. The minimum Gasteiger partial charge on any atom is -0.457 e. The highest BCUT2D eigenvalue weighted by Gasteiger charge is 2.33. The number of furan rings is 1. The molecule has 138 valence electrons. The summed E-state index contributed by atoms with van der Waals surface area (Å²) in [5.41, 5.74) is 2.74. The fourth-order valence-corrected chi connectivity index (χ4v) is 5.02. The molecule has 0 bridgehead atoms. The summed E-state index contributed by atoms with van der Waals surface area (Å²) in [5, 5.41) is 7.31. The van der Waals surface area contributed by atoms with E-state index in [1.807, 2.05) is 12.1 Å². The fourth-order valence-electron chi connectivity index (χ4n) is 3.66. The van der Waals surface area contributed by atoms with Gasteiger partial charge in [0.15, 0.2) is 6.17 Å². The number of amides is 1. The van der Waals surface area contributed by atoms with Crippen molar-refractivity contribution in [2.75, 3.05) is 18.9 Å². The number of carbonyl (C=O) groups excluding carboxylic acids is 1. The van der Waals surface area contributed by atoms with Crippen molar-refractivity contribution in [1.82, 2.24) is 10.2 Å². The summed E-state index contributed by atoms with van der Waals surface area (Å²) in [7, 11) is 2.10. The van der Waals surface area contributed by atoms with Crippen molar-refractivity contribution < 1.29 is 13.6 Å². The number of rotatable bonds is 2. The van der Waals surface area contributed by atoms with Crippen LogP contribution >= 0.6 is 11.3 Å². The Bertz CT molecular complexity index is 1020. The zero-order valence-corrected chi connectivity index (χ0v) is 15.5. The van der Waals surface area contributed by atoms with Crippen LogP contribution in [0.4, 0.5) is 9.39 Å². The van der Waals surface area contributed by atoms with Crippen molar-refractivity contribution in [3.63, 3.8) is 0 Å². The summed E-state index contributed by atoms with van der Waals surface area (Å²) in [6.07, 6.45) is 0.476. The molecule has 2 N–H and O–H groups in total. The molecule has 1 aromatic carbocycles. The molecule has 5 nitrogen and oxygen atoms in total. The van der Waals surface area contributed by atoms with E-state index in [9.17, 15) is 9.18 Å². The summed E-state index contributed by atoms with van der Waals surface area (Å²) in [4.78, 5) is 16.3. The zero-order chi connectivity index (χ0) is 18.5. The van der Waals surface area contributed by atoms with Crippen molar-refractivity contribution in [2.24, 2.45) is 0 Å². The largest absolute Gasteiger partial charge is 0.457 e. The molecule has 0 saturated carbocycles. The van der Waals surface area contributed by atoms with Crippen LogP contribution in [0, 0.1) is 5.82 Å². The lowest BCUT2D eigenvalue weighted by Gasteiger charge is -2.26. The number of hydrogen-bond acceptors (Lipinski definition) is 5. The summed E-state index contributed by atoms with van der Waals surface area (Å²) in [6.45, 7) is 1.84. The Morgan fingerprint density at radius 3 is 2.81 bits per heavy atom. The zero-order valence-electron chi connectivity index (χ0n) is 14.7. The number of anilines is 1. The molecular formula is C20H18FN3O2S. The maximum absolute atomic E-state index is 13.1. The van der Waals surface area contributed by atoms with Crippen LogP contribution in [0.25, 0.3) is 11.3 Å². The monoisotopic (exact) mass is 383 g/mol. The van der Waals surface area contributed by atoms with Crippen LogP contribution in [-0.4, -0.2) is 24.4 Å². The average Bonchev–Trinajstić information content (AvgIpc) is 3.26. The number of hydrogen-bond donors (Lipinski definition) is 2. The van der Waals surface area contributed by atoms with Crippen LogP contribution < -0.4 is 10.6 Å². The Hall–Kier alpha value is -2.64. The average molecular weight is 383 g/mol. The molecule has 5 rings (SSSR count). The molecule has 27 heavy (non-hydrogen) atoms. The minimum absolute atomic E-state index is 0.0597. The molecule has 0 unspecified atom stereocenters. The molecule has 3 aromatic rings. The lowest BCUT2D eigenvalue weighted by atomic mass is 10.0. The third-order valence-corrected chi connectivity index (χ3v) is 6.21. The van der Waals surface area contributed by atoms with Crippen molar-refractivity contribution in [3.8, 4) is 11.3 Å². The van der Waals surface area contributed by atoms with E-state index in [0.717, 1.165) is 35.6 Å². The van der Waals surface area contributed by atoms with Gasteiger partial charge in [0.2, 0.25) is 0 Å². The summed E-state index contributed by atoms with van der Waals surface area (Å²) in [6, 6.07) is 9.82. The molecule has 0 fully saturated rings. The SMILES string of the molecule is CN1CCc2c(sc3c2C(=O)N[C@@H](c2ccc(-c4ccc(F)cc4)o2)N3)C1. The van der Waals surface area contributed by atoms with E-state index in [-0.39, 0.29) is 11.7 Å². The van der Waals surface area contributed by atoms with Gasteiger partial charge in [0, 0.05) is 23.5 Å². The van der Waals surface area contributed by atoms with Gasteiger partial charge in [-0.15, -0.1) is 11.3 Å². The molecule has 1 atom stereocenters. The number of benzene rings is 1. The number of nitrogens with one attached hydrogen (secondary N) is 2. The van der Waals surface area contributed by atoms with Crippen LogP contribution in [0.3, 0.4) is 0 Å². The summed E-state index contributed by atoms with van der Waals surface area (Å²) < 4.78 is 19.0. The van der Waals surface area contributed by atoms with Crippen molar-refractivity contribution >= 4 is 22.2 Å². The van der Waals surface area contributed by atoms with Gasteiger partial charge in [0.05, 0.1) is 5.56 Å². The first-order valence-corrected chi connectivity index (χ1v) is 9.66. The second-order valence-corrected chi connectivity index (χ2v) is 8.06. The van der Waals surface area contributed by atoms with Crippen LogP contribution in [0.5, 0.6) is 0 Å². The van der Waals surface area contributed by atoms with E-state index in [2.05, 4.69) is 22.6 Å². The van der Waals surface area contributed by atoms with E-state index in [0.29, 0.717) is 11.5 Å². The third-order valence-electron chi connectivity index (χ3n) is 5.07. The highest BCUT2D eigenvalue weighted by atomic mass is 32.1. The molecule has 7 heteroatoms. The molecule has 2 aliphatic heterocycles. The van der Waals surface area contributed by atoms with Crippen LogP contribution in [0.1, 0.15) is 32.7 Å². The second kappa shape index (κ2) is 6.21. The smallest absolute Gasteiger partial charge is 0.256 e. The van der Waals surface area contributed by atoms with E-state index < -0.39 is 6.17 Å². The lowest BCUT2D eigenvalue weighted by molar-refractivity contribution is 0.0930. The van der Waals surface area contributed by atoms with E-state index in [4.69, 9.17) is 4.42 Å². The Balaban J connectivity index is 1.44. The van der Waals surface area contributed by atoms with Gasteiger partial charge in [0.25, 0.3) is 5.91 Å². The van der Waals surface area contributed by atoms with E-state index in [1.54, 1.807) is 23.5 Å². The van der Waals surface area contributed by atoms with Crippen molar-refractivity contribution in [2.45, 2.75) is 19.1 Å². The number of halogens is 1. The number of nitrogens with zero attached hydrogens (tertiary/aromatic N) is 1. The third kappa shape index (κ3) is 2.83. The number of carbonyl (C=O) groups is 1. The summed E-state index contributed by atoms with van der Waals surface area (Å²) >= 11 is 1.65. The Kier molecular flexibility index (Phi) is 3.80. The molecule has 2 aliphatic rings. The molecule has 2 aromatic heterocycles. The van der Waals surface area contributed by atoms with Crippen molar-refractivity contribution in [1.29, 1.82) is 0 Å². The highest BCUT2D eigenvalue weighted by Crippen LogP contribution is 2.41. The molecule has 0 spiro atoms. The molecule has 1 amide bonds. The van der Waals surface area contributed by atoms with Gasteiger partial charge in [-0.3, -0.25) is 4.79 Å². The maximum Gasteiger partial charge on any atom is 0.256 e. The first kappa shape index (κ1) is 16.5. The standard InChI is InChI=1S/C20H18FN3O2S/c1-24-9-8-13-16(10-24)27-20-17(13)19(25)22-18(23-20)15-7-6-14(26-15)11-2-4-12(21)5-3-11/h2-7,18,23H,8-10H2,1H3,(H,22,25)/t18-/m1/s1. The predicted molar refractivity (Wildman–Crippen MR) is 102 cm³/mol. The first-order valence-electron chi connectivity index (χ1n) is 8.84. The van der Waals surface area contributed by atoms with Crippen molar-refractivity contribution in [3.05, 3.63) is 64.0 Å². The van der Waals surface area contributed by atoms with E-state index >= 15 is 0 Å². The topological polar surface area (TPSA) is 57.5 Å². The van der Waals surface area contributed by atoms with Gasteiger partial charge in [-0.2, -0.15) is 0 Å². The highest BCUT2D eigenvalue weighted by molar-refractivity contribution is 7.16. The van der Waals surface area contributed by atoms with Gasteiger partial charge < -0.3 is 20.0 Å². The first-order chi connectivity index (χ1) is 13.1. The molecular weight excluding hydrogens is 365 g/mol. The minimum atomic E-state index is -0.419. The second-order valence-electron chi connectivity index (χ2n) is 6.96. The van der Waals surface area contributed by atoms with Crippen LogP contribution in [0.2, 0.25) is 0 Å². The van der Waals surface area contributed by atoms with Gasteiger partial charge >= 0.3 is 0 Å². The van der Waals surface area contributed by atoms with Gasteiger partial charge in [-0.1, -0.05) is 0 Å². The lowest BCUT2D eigenvalue weighted by Crippen LogP contribution is -2.38. The Labute approximate surface area is 159 Å². The summed E-state index contributed by atoms with van der Waals surface area (Å²) in [5.74, 6) is 0.915. The normalized spacial score (nSPS) is 19.2. The van der Waals surface area contributed by atoms with Gasteiger partial charge in [-0.05, 0) is 55.4 Å². The van der Waals surface area contributed by atoms with Gasteiger partial charge in [-0.25, -0.2) is 4.39 Å². The number of likely N-dealkylation sites (N-methyl/N-ethyl adjacent to an activating group) is 1. The predicted octanol–water partition coefficient (Wildman–Crippen LogP) is 3.99. The van der Waals surface area contributed by atoms with Gasteiger partial charge in [0.1, 0.15) is 22.3 Å². The Morgan fingerprint density at radius 1 is 1.19 bits per heavy atom. The quantitative estimate of drug-likeness (QED) is 0.703.